The van der Waals surface area contributed by atoms with Gasteiger partial charge in [-0.3, -0.25) is 10.1 Å². The van der Waals surface area contributed by atoms with Gasteiger partial charge in [0.2, 0.25) is 0 Å². The van der Waals surface area contributed by atoms with Gasteiger partial charge in [-0.25, -0.2) is 0 Å². The number of methoxy groups -OCH3 is 2. The third-order valence-corrected chi connectivity index (χ3v) is 4.56. The lowest BCUT2D eigenvalue weighted by Gasteiger charge is -2.17. The summed E-state index contributed by atoms with van der Waals surface area (Å²) in [5, 5.41) is 3.04. The molecular weight excluding hydrogens is 376 g/mol. The summed E-state index contributed by atoms with van der Waals surface area (Å²) < 4.78 is 16.4. The van der Waals surface area contributed by atoms with Crippen molar-refractivity contribution in [3.63, 3.8) is 0 Å². The molecule has 1 amide bonds. The number of nitrogens with zero attached hydrogens (tertiary/aromatic N) is 1. The molecule has 28 heavy (non-hydrogen) atoms. The van der Waals surface area contributed by atoms with E-state index in [0.29, 0.717) is 42.1 Å². The quantitative estimate of drug-likeness (QED) is 0.545. The largest absolute Gasteiger partial charge is 0.493 e. The topological polar surface area (TPSA) is 60.0 Å². The molecule has 1 saturated heterocycles. The molecule has 0 atom stereocenters. The molecular formula is C21H22N2O4S. The van der Waals surface area contributed by atoms with E-state index in [4.69, 9.17) is 26.4 Å². The Balaban J connectivity index is 1.79. The van der Waals surface area contributed by atoms with Crippen molar-refractivity contribution in [2.24, 2.45) is 0 Å². The molecule has 1 aliphatic rings. The summed E-state index contributed by atoms with van der Waals surface area (Å²) in [5.41, 5.74) is 2.35. The van der Waals surface area contributed by atoms with Crippen molar-refractivity contribution in [2.45, 2.75) is 6.61 Å². The second-order valence-corrected chi connectivity index (χ2v) is 6.50. The minimum atomic E-state index is -0.232. The normalized spacial score (nSPS) is 15.1. The van der Waals surface area contributed by atoms with Crippen molar-refractivity contribution < 1.29 is 19.0 Å². The molecule has 0 saturated carbocycles. The van der Waals surface area contributed by atoms with Crippen LogP contribution in [-0.2, 0) is 16.1 Å². The van der Waals surface area contributed by atoms with Crippen LogP contribution in [0.15, 0.2) is 54.2 Å². The molecule has 0 bridgehead atoms. The molecule has 1 heterocycles. The molecule has 0 aromatic heterocycles. The summed E-state index contributed by atoms with van der Waals surface area (Å²) in [4.78, 5) is 14.0. The number of amides is 1. The molecule has 0 unspecified atom stereocenters. The van der Waals surface area contributed by atoms with E-state index in [1.807, 2.05) is 48.5 Å². The molecule has 6 nitrogen and oxygen atoms in total. The maximum absolute atomic E-state index is 12.2. The van der Waals surface area contributed by atoms with Gasteiger partial charge in [-0.2, -0.15) is 0 Å². The summed E-state index contributed by atoms with van der Waals surface area (Å²) in [5.74, 6) is 0.996. The monoisotopic (exact) mass is 398 g/mol. The SMILES string of the molecule is COCCN1C(=S)NC(=O)/C1=C\c1ccc(OCc2ccccc2)c(OC)c1. The maximum atomic E-state index is 12.2. The van der Waals surface area contributed by atoms with Crippen LogP contribution in [0.2, 0.25) is 0 Å². The first kappa shape index (κ1) is 19.9. The lowest BCUT2D eigenvalue weighted by Crippen LogP contribution is -2.30. The third kappa shape index (κ3) is 4.68. The summed E-state index contributed by atoms with van der Waals surface area (Å²) in [6, 6.07) is 15.4. The Morgan fingerprint density at radius 1 is 1.11 bits per heavy atom. The van der Waals surface area contributed by atoms with Gasteiger partial charge in [0.25, 0.3) is 5.91 Å². The predicted octanol–water partition coefficient (Wildman–Crippen LogP) is 2.98. The molecule has 0 aliphatic carbocycles. The van der Waals surface area contributed by atoms with Gasteiger partial charge in [-0.15, -0.1) is 0 Å². The second-order valence-electron chi connectivity index (χ2n) is 6.12. The van der Waals surface area contributed by atoms with Crippen molar-refractivity contribution in [1.82, 2.24) is 10.2 Å². The molecule has 1 aliphatic heterocycles. The van der Waals surface area contributed by atoms with Crippen molar-refractivity contribution in [3.8, 4) is 11.5 Å². The molecule has 7 heteroatoms. The van der Waals surface area contributed by atoms with Crippen LogP contribution in [0.1, 0.15) is 11.1 Å². The summed E-state index contributed by atoms with van der Waals surface area (Å²) in [6.45, 7) is 1.40. The van der Waals surface area contributed by atoms with Gasteiger partial charge in [-0.1, -0.05) is 36.4 Å². The number of ether oxygens (including phenoxy) is 3. The Kier molecular flexibility index (Phi) is 6.62. The number of carbonyl (C=O) groups excluding carboxylic acids is 1. The summed E-state index contributed by atoms with van der Waals surface area (Å²) in [7, 11) is 3.20. The first-order valence-electron chi connectivity index (χ1n) is 8.80. The van der Waals surface area contributed by atoms with Crippen LogP contribution in [0.5, 0.6) is 11.5 Å². The van der Waals surface area contributed by atoms with E-state index in [1.165, 1.54) is 0 Å². The van der Waals surface area contributed by atoms with E-state index in [9.17, 15) is 4.79 Å². The van der Waals surface area contributed by atoms with Gasteiger partial charge in [0.05, 0.1) is 13.7 Å². The first-order chi connectivity index (χ1) is 13.6. The number of hydrogen-bond acceptors (Lipinski definition) is 5. The molecule has 0 spiro atoms. The van der Waals surface area contributed by atoms with Gasteiger partial charge in [-0.05, 0) is 41.6 Å². The average Bonchev–Trinajstić information content (AvgIpc) is 2.98. The predicted molar refractivity (Wildman–Crippen MR) is 111 cm³/mol. The Morgan fingerprint density at radius 2 is 1.89 bits per heavy atom. The highest BCUT2D eigenvalue weighted by atomic mass is 32.1. The molecule has 3 rings (SSSR count). The number of nitrogens with one attached hydrogen (secondary N) is 1. The van der Waals surface area contributed by atoms with Crippen molar-refractivity contribution in [2.75, 3.05) is 27.4 Å². The van der Waals surface area contributed by atoms with Crippen LogP contribution in [0.4, 0.5) is 0 Å². The van der Waals surface area contributed by atoms with Crippen LogP contribution in [-0.4, -0.2) is 43.3 Å². The van der Waals surface area contributed by atoms with E-state index < -0.39 is 0 Å². The van der Waals surface area contributed by atoms with E-state index in [0.717, 1.165) is 11.1 Å². The lowest BCUT2D eigenvalue weighted by molar-refractivity contribution is -0.115. The van der Waals surface area contributed by atoms with Crippen molar-refractivity contribution >= 4 is 29.3 Å². The summed E-state index contributed by atoms with van der Waals surface area (Å²) >= 11 is 5.23. The Bertz CT molecular complexity index is 883. The fourth-order valence-electron chi connectivity index (χ4n) is 2.80. The van der Waals surface area contributed by atoms with Crippen LogP contribution in [0.25, 0.3) is 6.08 Å². The van der Waals surface area contributed by atoms with Gasteiger partial charge in [0.15, 0.2) is 16.6 Å². The van der Waals surface area contributed by atoms with Gasteiger partial charge < -0.3 is 19.1 Å². The zero-order chi connectivity index (χ0) is 19.9. The molecule has 0 radical (unpaired) electrons. The minimum absolute atomic E-state index is 0.232. The Morgan fingerprint density at radius 3 is 2.61 bits per heavy atom. The number of hydrogen-bond donors (Lipinski definition) is 1. The Hall–Kier alpha value is -2.90. The van der Waals surface area contributed by atoms with Crippen LogP contribution in [0.3, 0.4) is 0 Å². The molecule has 146 valence electrons. The highest BCUT2D eigenvalue weighted by Crippen LogP contribution is 2.30. The number of rotatable bonds is 8. The second kappa shape index (κ2) is 9.34. The zero-order valence-electron chi connectivity index (χ0n) is 15.8. The molecule has 1 fully saturated rings. The maximum Gasteiger partial charge on any atom is 0.274 e. The van der Waals surface area contributed by atoms with Crippen LogP contribution < -0.4 is 14.8 Å². The van der Waals surface area contributed by atoms with E-state index >= 15 is 0 Å². The fraction of sp³-hybridized carbons (Fsp3) is 0.238. The highest BCUT2D eigenvalue weighted by molar-refractivity contribution is 7.80. The van der Waals surface area contributed by atoms with Crippen molar-refractivity contribution in [1.29, 1.82) is 0 Å². The zero-order valence-corrected chi connectivity index (χ0v) is 16.6. The average molecular weight is 398 g/mol. The third-order valence-electron chi connectivity index (χ3n) is 4.24. The number of thiocarbonyl (C=S) groups is 1. The van der Waals surface area contributed by atoms with Crippen LogP contribution in [0, 0.1) is 0 Å². The number of benzene rings is 2. The highest BCUT2D eigenvalue weighted by Gasteiger charge is 2.29. The van der Waals surface area contributed by atoms with Gasteiger partial charge in [0, 0.05) is 13.7 Å². The van der Waals surface area contributed by atoms with Crippen molar-refractivity contribution in [3.05, 3.63) is 65.4 Å². The summed E-state index contributed by atoms with van der Waals surface area (Å²) in [6.07, 6.45) is 1.77. The molecule has 1 N–H and O–H groups in total. The van der Waals surface area contributed by atoms with E-state index in [2.05, 4.69) is 5.32 Å². The van der Waals surface area contributed by atoms with E-state index in [1.54, 1.807) is 25.2 Å². The van der Waals surface area contributed by atoms with E-state index in [-0.39, 0.29) is 5.91 Å². The molecule has 2 aromatic rings. The van der Waals surface area contributed by atoms with Crippen LogP contribution >= 0.6 is 12.2 Å². The lowest BCUT2D eigenvalue weighted by atomic mass is 10.1. The number of carbonyl (C=O) groups is 1. The Labute approximate surface area is 169 Å². The minimum Gasteiger partial charge on any atom is -0.493 e. The van der Waals surface area contributed by atoms with Gasteiger partial charge >= 0.3 is 0 Å². The molecule has 2 aromatic carbocycles. The van der Waals surface area contributed by atoms with Gasteiger partial charge in [0.1, 0.15) is 12.3 Å². The standard InChI is InChI=1S/C21H22N2O4S/c1-25-11-10-23-17(20(24)22-21(23)28)12-16-8-9-18(19(13-16)26-2)27-14-15-6-4-3-5-7-15/h3-9,12-13H,10-11,14H2,1-2H3,(H,22,24,28)/b17-12+. The first-order valence-corrected chi connectivity index (χ1v) is 9.21. The fourth-order valence-corrected chi connectivity index (χ4v) is 3.08. The smallest absolute Gasteiger partial charge is 0.274 e.